The predicted molar refractivity (Wildman–Crippen MR) is 60.4 cm³/mol. The maximum Gasteiger partial charge on any atom is 0.370 e. The number of ether oxygens (including phenoxy) is 1. The van der Waals surface area contributed by atoms with Crippen molar-refractivity contribution in [3.05, 3.63) is 29.3 Å². The molecule has 0 aliphatic heterocycles. The first kappa shape index (κ1) is 11.8. The zero-order valence-corrected chi connectivity index (χ0v) is 9.34. The van der Waals surface area contributed by atoms with Gasteiger partial charge in [0, 0.05) is 5.02 Å². The zero-order valence-electron chi connectivity index (χ0n) is 7.83. The normalized spacial score (nSPS) is 11.0. The van der Waals surface area contributed by atoms with Gasteiger partial charge in [-0.1, -0.05) is 23.2 Å². The van der Waals surface area contributed by atoms with Gasteiger partial charge in [-0.2, -0.15) is 5.10 Å². The minimum Gasteiger partial charge on any atom is -0.464 e. The number of hydrogen-bond donors (Lipinski definition) is 1. The van der Waals surface area contributed by atoms with E-state index in [1.54, 1.807) is 24.3 Å². The maximum absolute atomic E-state index is 10.8. The number of anilines is 1. The Bertz CT molecular complexity index is 376. The lowest BCUT2D eigenvalue weighted by atomic mass is 10.3. The smallest absolute Gasteiger partial charge is 0.370 e. The number of methoxy groups -OCH3 is 1. The minimum absolute atomic E-state index is 0.271. The van der Waals surface area contributed by atoms with E-state index >= 15 is 0 Å². The summed E-state index contributed by atoms with van der Waals surface area (Å²) < 4.78 is 4.36. The highest BCUT2D eigenvalue weighted by Crippen LogP contribution is 2.13. The molecule has 0 aliphatic carbocycles. The number of nitrogens with zero attached hydrogens (tertiary/aromatic N) is 1. The summed E-state index contributed by atoms with van der Waals surface area (Å²) in [5.41, 5.74) is 3.25. The maximum atomic E-state index is 10.8. The number of esters is 1. The van der Waals surface area contributed by atoms with Crippen LogP contribution in [0.2, 0.25) is 5.02 Å². The van der Waals surface area contributed by atoms with Crippen LogP contribution in [-0.2, 0) is 9.53 Å². The van der Waals surface area contributed by atoms with Crippen LogP contribution in [0.25, 0.3) is 0 Å². The molecule has 15 heavy (non-hydrogen) atoms. The Morgan fingerprint density at radius 1 is 1.40 bits per heavy atom. The van der Waals surface area contributed by atoms with Gasteiger partial charge >= 0.3 is 5.97 Å². The van der Waals surface area contributed by atoms with Crippen LogP contribution in [0.3, 0.4) is 0 Å². The number of benzene rings is 1. The Labute approximate surface area is 96.8 Å². The van der Waals surface area contributed by atoms with Gasteiger partial charge in [-0.05, 0) is 24.3 Å². The summed E-state index contributed by atoms with van der Waals surface area (Å²) in [5, 5.41) is 3.95. The molecule has 0 bridgehead atoms. The van der Waals surface area contributed by atoms with Crippen molar-refractivity contribution in [2.45, 2.75) is 0 Å². The molecule has 0 heterocycles. The van der Waals surface area contributed by atoms with E-state index in [4.69, 9.17) is 23.2 Å². The molecule has 1 aromatic rings. The Kier molecular flexibility index (Phi) is 4.39. The van der Waals surface area contributed by atoms with Crippen LogP contribution >= 0.6 is 23.2 Å². The van der Waals surface area contributed by atoms with Crippen molar-refractivity contribution in [1.82, 2.24) is 0 Å². The first-order valence-corrected chi connectivity index (χ1v) is 4.72. The number of halogens is 2. The molecule has 0 aliphatic rings. The average Bonchev–Trinajstić information content (AvgIpc) is 2.26. The fourth-order valence-electron chi connectivity index (χ4n) is 0.768. The third-order valence-corrected chi connectivity index (χ3v) is 1.97. The molecule has 1 N–H and O–H groups in total. The molecule has 0 saturated carbocycles. The molecule has 0 radical (unpaired) electrons. The Hall–Kier alpha value is -1.26. The molecular formula is C9H8Cl2N2O2. The second-order valence-corrected chi connectivity index (χ2v) is 3.31. The van der Waals surface area contributed by atoms with Crippen molar-refractivity contribution in [2.75, 3.05) is 12.5 Å². The first-order chi connectivity index (χ1) is 7.13. The number of nitrogens with one attached hydrogen (secondary N) is 1. The lowest BCUT2D eigenvalue weighted by Gasteiger charge is -2.00. The fraction of sp³-hybridized carbons (Fsp3) is 0.111. The molecule has 80 valence electrons. The first-order valence-electron chi connectivity index (χ1n) is 3.96. The SMILES string of the molecule is COC(=O)C(Cl)=NNc1ccc(Cl)cc1. The van der Waals surface area contributed by atoms with E-state index in [0.29, 0.717) is 10.7 Å². The number of hydrazone groups is 1. The third kappa shape index (κ3) is 3.77. The lowest BCUT2D eigenvalue weighted by Crippen LogP contribution is -2.11. The van der Waals surface area contributed by atoms with Crippen LogP contribution in [0.5, 0.6) is 0 Å². The summed E-state index contributed by atoms with van der Waals surface area (Å²) in [4.78, 5) is 10.8. The molecule has 0 fully saturated rings. The van der Waals surface area contributed by atoms with E-state index in [2.05, 4.69) is 15.3 Å². The monoisotopic (exact) mass is 246 g/mol. The summed E-state index contributed by atoms with van der Waals surface area (Å²) in [5.74, 6) is -0.696. The summed E-state index contributed by atoms with van der Waals surface area (Å²) >= 11 is 11.2. The number of carbonyl (C=O) groups is 1. The van der Waals surface area contributed by atoms with Crippen LogP contribution in [-0.4, -0.2) is 18.2 Å². The molecule has 4 nitrogen and oxygen atoms in total. The van der Waals surface area contributed by atoms with Gasteiger partial charge < -0.3 is 4.74 Å². The van der Waals surface area contributed by atoms with Crippen molar-refractivity contribution in [2.24, 2.45) is 5.10 Å². The molecule has 0 aromatic heterocycles. The van der Waals surface area contributed by atoms with E-state index in [9.17, 15) is 4.79 Å². The molecule has 6 heteroatoms. The minimum atomic E-state index is -0.696. The topological polar surface area (TPSA) is 50.7 Å². The molecule has 0 amide bonds. The van der Waals surface area contributed by atoms with Crippen molar-refractivity contribution in [1.29, 1.82) is 0 Å². The van der Waals surface area contributed by atoms with E-state index in [1.165, 1.54) is 7.11 Å². The lowest BCUT2D eigenvalue weighted by molar-refractivity contribution is -0.132. The van der Waals surface area contributed by atoms with Crippen LogP contribution in [0.4, 0.5) is 5.69 Å². The van der Waals surface area contributed by atoms with E-state index < -0.39 is 5.97 Å². The average molecular weight is 247 g/mol. The summed E-state index contributed by atoms with van der Waals surface area (Å²) in [6.07, 6.45) is 0. The number of rotatable bonds is 3. The van der Waals surface area contributed by atoms with Gasteiger partial charge in [-0.15, -0.1) is 0 Å². The second kappa shape index (κ2) is 5.58. The molecule has 0 atom stereocenters. The van der Waals surface area contributed by atoms with Gasteiger partial charge in [0.25, 0.3) is 0 Å². The van der Waals surface area contributed by atoms with Crippen molar-refractivity contribution in [3.8, 4) is 0 Å². The zero-order chi connectivity index (χ0) is 11.3. The van der Waals surface area contributed by atoms with E-state index in [1.807, 2.05) is 0 Å². The highest BCUT2D eigenvalue weighted by molar-refractivity contribution is 6.82. The highest BCUT2D eigenvalue weighted by atomic mass is 35.5. The standard InChI is InChI=1S/C9H8Cl2N2O2/c1-15-9(14)8(11)13-12-7-4-2-6(10)3-5-7/h2-5,12H,1H3. The molecule has 0 spiro atoms. The number of carbonyl (C=O) groups excluding carboxylic acids is 1. The largest absolute Gasteiger partial charge is 0.464 e. The summed E-state index contributed by atoms with van der Waals surface area (Å²) in [7, 11) is 1.22. The van der Waals surface area contributed by atoms with Crippen LogP contribution < -0.4 is 5.43 Å². The van der Waals surface area contributed by atoms with Crippen LogP contribution in [0, 0.1) is 0 Å². The molecule has 0 saturated heterocycles. The van der Waals surface area contributed by atoms with Crippen LogP contribution in [0.1, 0.15) is 0 Å². The molecular weight excluding hydrogens is 239 g/mol. The van der Waals surface area contributed by atoms with E-state index in [0.717, 1.165) is 0 Å². The predicted octanol–water partition coefficient (Wildman–Crippen LogP) is 2.48. The van der Waals surface area contributed by atoms with Crippen molar-refractivity contribution >= 4 is 40.0 Å². The van der Waals surface area contributed by atoms with Gasteiger partial charge in [-0.25, -0.2) is 4.79 Å². The van der Waals surface area contributed by atoms with Gasteiger partial charge in [0.2, 0.25) is 5.17 Å². The second-order valence-electron chi connectivity index (χ2n) is 2.51. The fourth-order valence-corrected chi connectivity index (χ4v) is 1.01. The Morgan fingerprint density at radius 2 is 2.00 bits per heavy atom. The molecule has 1 aromatic carbocycles. The van der Waals surface area contributed by atoms with Crippen LogP contribution in [0.15, 0.2) is 29.4 Å². The Balaban J connectivity index is 2.63. The summed E-state index contributed by atoms with van der Waals surface area (Å²) in [6, 6.07) is 6.78. The van der Waals surface area contributed by atoms with Gasteiger partial charge in [0.15, 0.2) is 0 Å². The van der Waals surface area contributed by atoms with Gasteiger partial charge in [-0.3, -0.25) is 5.43 Å². The highest BCUT2D eigenvalue weighted by Gasteiger charge is 2.06. The van der Waals surface area contributed by atoms with Crippen molar-refractivity contribution < 1.29 is 9.53 Å². The van der Waals surface area contributed by atoms with Gasteiger partial charge in [0.05, 0.1) is 12.8 Å². The van der Waals surface area contributed by atoms with Gasteiger partial charge in [0.1, 0.15) is 0 Å². The Morgan fingerprint density at radius 3 is 2.53 bits per heavy atom. The van der Waals surface area contributed by atoms with E-state index in [-0.39, 0.29) is 5.17 Å². The summed E-state index contributed by atoms with van der Waals surface area (Å²) in [6.45, 7) is 0. The third-order valence-electron chi connectivity index (χ3n) is 1.48. The quantitative estimate of drug-likeness (QED) is 0.507. The molecule has 1 rings (SSSR count). The molecule has 0 unspecified atom stereocenters. The number of hydrogen-bond acceptors (Lipinski definition) is 4. The van der Waals surface area contributed by atoms with Crippen molar-refractivity contribution in [3.63, 3.8) is 0 Å².